The van der Waals surface area contributed by atoms with Crippen molar-refractivity contribution in [3.05, 3.63) is 42.0 Å². The summed E-state index contributed by atoms with van der Waals surface area (Å²) >= 11 is 0. The molecule has 2 rings (SSSR count). The van der Waals surface area contributed by atoms with Gasteiger partial charge in [0.05, 0.1) is 0 Å². The van der Waals surface area contributed by atoms with Crippen molar-refractivity contribution in [2.24, 2.45) is 17.8 Å². The van der Waals surface area contributed by atoms with E-state index in [0.717, 1.165) is 32.5 Å². The summed E-state index contributed by atoms with van der Waals surface area (Å²) in [5.41, 5.74) is 2.63. The van der Waals surface area contributed by atoms with Crippen LogP contribution in [0.15, 0.2) is 36.4 Å². The number of aliphatic hydroxyl groups excluding tert-OH is 2. The Bertz CT molecular complexity index is 472. The molecule has 1 aromatic carbocycles. The summed E-state index contributed by atoms with van der Waals surface area (Å²) in [7, 11) is 0. The quantitative estimate of drug-likeness (QED) is 0.812. The molecule has 23 heavy (non-hydrogen) atoms. The van der Waals surface area contributed by atoms with Gasteiger partial charge in [0.1, 0.15) is 0 Å². The highest BCUT2D eigenvalue weighted by atomic mass is 16.3. The number of hydrogen-bond donors (Lipinski definition) is 2. The van der Waals surface area contributed by atoms with E-state index in [4.69, 9.17) is 0 Å². The molecule has 1 aromatic rings. The molecule has 0 radical (unpaired) electrons. The molecule has 3 heteroatoms. The number of hydrogen-bond acceptors (Lipinski definition) is 3. The second-order valence-corrected chi connectivity index (χ2v) is 7.25. The van der Waals surface area contributed by atoms with Crippen LogP contribution in [0.2, 0.25) is 0 Å². The standard InChI is InChI=1S/C20H31NO2/c1-16(2)8-9-20(19-6-4-3-5-7-19)13-21-11-17(14-22)10-18(12-21)15-23/h3-7,9,16-18,22-23H,8,10-15H2,1-2H3/b20-9+/t17-,18+. The first kappa shape index (κ1) is 18.2. The predicted octanol–water partition coefficient (Wildman–Crippen LogP) is 3.04. The lowest BCUT2D eigenvalue weighted by atomic mass is 9.89. The molecule has 1 heterocycles. The number of aliphatic hydroxyl groups is 2. The van der Waals surface area contributed by atoms with E-state index >= 15 is 0 Å². The summed E-state index contributed by atoms with van der Waals surface area (Å²) < 4.78 is 0. The van der Waals surface area contributed by atoms with Crippen molar-refractivity contribution in [2.75, 3.05) is 32.8 Å². The predicted molar refractivity (Wildman–Crippen MR) is 96.1 cm³/mol. The Kier molecular flexibility index (Phi) is 7.28. The van der Waals surface area contributed by atoms with Crippen LogP contribution in [0.25, 0.3) is 5.57 Å². The van der Waals surface area contributed by atoms with E-state index in [0.29, 0.717) is 5.92 Å². The Balaban J connectivity index is 2.11. The highest BCUT2D eigenvalue weighted by Crippen LogP contribution is 2.25. The molecule has 0 bridgehead atoms. The van der Waals surface area contributed by atoms with Gasteiger partial charge in [-0.15, -0.1) is 0 Å². The Morgan fingerprint density at radius 2 is 1.74 bits per heavy atom. The third-order valence-corrected chi connectivity index (χ3v) is 4.59. The highest BCUT2D eigenvalue weighted by molar-refractivity contribution is 5.66. The molecule has 1 saturated heterocycles. The molecular formula is C20H31NO2. The summed E-state index contributed by atoms with van der Waals surface area (Å²) in [5.74, 6) is 1.21. The van der Waals surface area contributed by atoms with Crippen molar-refractivity contribution >= 4 is 5.57 Å². The first-order chi connectivity index (χ1) is 11.1. The molecule has 0 spiro atoms. The van der Waals surface area contributed by atoms with E-state index in [-0.39, 0.29) is 25.0 Å². The van der Waals surface area contributed by atoms with Crippen LogP contribution in [0.4, 0.5) is 0 Å². The minimum Gasteiger partial charge on any atom is -0.396 e. The molecule has 3 nitrogen and oxygen atoms in total. The molecule has 1 aliphatic rings. The monoisotopic (exact) mass is 317 g/mol. The molecule has 0 amide bonds. The smallest absolute Gasteiger partial charge is 0.0471 e. The fourth-order valence-corrected chi connectivity index (χ4v) is 3.36. The Labute approximate surface area is 140 Å². The lowest BCUT2D eigenvalue weighted by Crippen LogP contribution is -2.43. The minimum absolute atomic E-state index is 0.212. The highest BCUT2D eigenvalue weighted by Gasteiger charge is 2.26. The molecule has 1 fully saturated rings. The van der Waals surface area contributed by atoms with Gasteiger partial charge in [-0.2, -0.15) is 0 Å². The SMILES string of the molecule is CC(C)C/C=C(\CN1C[C@H](CO)C[C@H](CO)C1)c1ccccc1. The Hall–Kier alpha value is -1.16. The van der Waals surface area contributed by atoms with Gasteiger partial charge in [0.15, 0.2) is 0 Å². The van der Waals surface area contributed by atoms with Crippen LogP contribution in [0.1, 0.15) is 32.3 Å². The summed E-state index contributed by atoms with van der Waals surface area (Å²) in [5, 5.41) is 19.1. The van der Waals surface area contributed by atoms with E-state index in [2.05, 4.69) is 49.1 Å². The van der Waals surface area contributed by atoms with Crippen molar-refractivity contribution in [2.45, 2.75) is 26.7 Å². The van der Waals surface area contributed by atoms with Gasteiger partial charge in [0, 0.05) is 32.8 Å². The van der Waals surface area contributed by atoms with Crippen molar-refractivity contribution < 1.29 is 10.2 Å². The van der Waals surface area contributed by atoms with Crippen LogP contribution in [-0.4, -0.2) is 48.0 Å². The van der Waals surface area contributed by atoms with Crippen molar-refractivity contribution in [3.8, 4) is 0 Å². The number of allylic oxidation sites excluding steroid dienone is 1. The van der Waals surface area contributed by atoms with Crippen molar-refractivity contribution in [1.82, 2.24) is 4.90 Å². The Morgan fingerprint density at radius 1 is 1.13 bits per heavy atom. The third kappa shape index (κ3) is 5.76. The molecule has 2 N–H and O–H groups in total. The number of rotatable bonds is 7. The molecule has 1 aliphatic heterocycles. The molecule has 0 aliphatic carbocycles. The van der Waals surface area contributed by atoms with E-state index < -0.39 is 0 Å². The van der Waals surface area contributed by atoms with Gasteiger partial charge in [0.25, 0.3) is 0 Å². The van der Waals surface area contributed by atoms with Crippen LogP contribution in [0.5, 0.6) is 0 Å². The first-order valence-electron chi connectivity index (χ1n) is 8.80. The zero-order valence-corrected chi connectivity index (χ0v) is 14.5. The van der Waals surface area contributed by atoms with Gasteiger partial charge >= 0.3 is 0 Å². The average Bonchev–Trinajstić information content (AvgIpc) is 2.58. The van der Waals surface area contributed by atoms with Crippen LogP contribution in [0, 0.1) is 17.8 Å². The second-order valence-electron chi connectivity index (χ2n) is 7.25. The average molecular weight is 317 g/mol. The van der Waals surface area contributed by atoms with Crippen LogP contribution >= 0.6 is 0 Å². The van der Waals surface area contributed by atoms with Gasteiger partial charge in [-0.3, -0.25) is 4.90 Å². The van der Waals surface area contributed by atoms with Crippen molar-refractivity contribution in [3.63, 3.8) is 0 Å². The first-order valence-corrected chi connectivity index (χ1v) is 8.80. The normalized spacial score (nSPS) is 23.4. The van der Waals surface area contributed by atoms with E-state index in [1.165, 1.54) is 11.1 Å². The van der Waals surface area contributed by atoms with Gasteiger partial charge in [0.2, 0.25) is 0 Å². The summed E-state index contributed by atoms with van der Waals surface area (Å²) in [6, 6.07) is 10.6. The largest absolute Gasteiger partial charge is 0.396 e. The van der Waals surface area contributed by atoms with E-state index in [1.807, 2.05) is 6.07 Å². The summed E-state index contributed by atoms with van der Waals surface area (Å²) in [6.45, 7) is 7.63. The fourth-order valence-electron chi connectivity index (χ4n) is 3.36. The Morgan fingerprint density at radius 3 is 2.26 bits per heavy atom. The number of nitrogens with zero attached hydrogens (tertiary/aromatic N) is 1. The fraction of sp³-hybridized carbons (Fsp3) is 0.600. The maximum atomic E-state index is 9.53. The summed E-state index contributed by atoms with van der Waals surface area (Å²) in [4.78, 5) is 2.39. The molecule has 0 saturated carbocycles. The number of likely N-dealkylation sites (tertiary alicyclic amines) is 1. The van der Waals surface area contributed by atoms with Gasteiger partial charge in [-0.1, -0.05) is 50.3 Å². The molecular weight excluding hydrogens is 286 g/mol. The third-order valence-electron chi connectivity index (χ3n) is 4.59. The lowest BCUT2D eigenvalue weighted by molar-refractivity contribution is 0.0654. The zero-order valence-electron chi connectivity index (χ0n) is 14.5. The maximum absolute atomic E-state index is 9.53. The zero-order chi connectivity index (χ0) is 16.7. The number of benzene rings is 1. The topological polar surface area (TPSA) is 43.7 Å². The van der Waals surface area contributed by atoms with Crippen molar-refractivity contribution in [1.29, 1.82) is 0 Å². The molecule has 0 aromatic heterocycles. The number of piperidine rings is 1. The second kappa shape index (κ2) is 9.21. The van der Waals surface area contributed by atoms with Gasteiger partial charge < -0.3 is 10.2 Å². The molecule has 128 valence electrons. The van der Waals surface area contributed by atoms with Gasteiger partial charge in [-0.05, 0) is 41.7 Å². The molecule has 0 unspecified atom stereocenters. The van der Waals surface area contributed by atoms with Crippen LogP contribution in [-0.2, 0) is 0 Å². The van der Waals surface area contributed by atoms with Crippen LogP contribution in [0.3, 0.4) is 0 Å². The van der Waals surface area contributed by atoms with Crippen LogP contribution < -0.4 is 0 Å². The molecule has 2 atom stereocenters. The lowest BCUT2D eigenvalue weighted by Gasteiger charge is -2.37. The minimum atomic E-state index is 0.212. The van der Waals surface area contributed by atoms with Gasteiger partial charge in [-0.25, -0.2) is 0 Å². The summed E-state index contributed by atoms with van der Waals surface area (Å²) in [6.07, 6.45) is 4.36. The maximum Gasteiger partial charge on any atom is 0.0471 e. The van der Waals surface area contributed by atoms with E-state index in [9.17, 15) is 10.2 Å². The van der Waals surface area contributed by atoms with E-state index in [1.54, 1.807) is 0 Å².